The van der Waals surface area contributed by atoms with Crippen molar-refractivity contribution in [1.82, 2.24) is 14.2 Å². The molecular weight excluding hydrogens is 292 g/mol. The van der Waals surface area contributed by atoms with Crippen molar-refractivity contribution in [3.63, 3.8) is 0 Å². The van der Waals surface area contributed by atoms with Gasteiger partial charge in [-0.05, 0) is 50.1 Å². The van der Waals surface area contributed by atoms with Gasteiger partial charge >= 0.3 is 0 Å². The Morgan fingerprint density at radius 3 is 2.78 bits per heavy atom. The minimum Gasteiger partial charge on any atom is -0.324 e. The van der Waals surface area contributed by atoms with Gasteiger partial charge in [0, 0.05) is 11.9 Å². The van der Waals surface area contributed by atoms with Crippen molar-refractivity contribution in [2.75, 3.05) is 5.32 Å². The van der Waals surface area contributed by atoms with E-state index < -0.39 is 0 Å². The van der Waals surface area contributed by atoms with Crippen LogP contribution in [0.25, 0.3) is 5.52 Å². The van der Waals surface area contributed by atoms with Gasteiger partial charge in [-0.15, -0.1) is 0 Å². The highest BCUT2D eigenvalue weighted by atomic mass is 16.2. The lowest BCUT2D eigenvalue weighted by Gasteiger charge is -2.11. The number of amides is 1. The van der Waals surface area contributed by atoms with Crippen molar-refractivity contribution in [2.24, 2.45) is 0 Å². The maximum Gasteiger partial charge on any atom is 0.291 e. The zero-order valence-electron chi connectivity index (χ0n) is 13.3. The van der Waals surface area contributed by atoms with E-state index >= 15 is 0 Å². The SMILES string of the molecule is Cc1ccc(C)c(NC(=O)Cn2nc(C)n3cccc3c2=O)c1. The molecule has 1 aromatic carbocycles. The summed E-state index contributed by atoms with van der Waals surface area (Å²) in [5.74, 6) is 0.382. The van der Waals surface area contributed by atoms with Crippen LogP contribution in [0.2, 0.25) is 0 Å². The topological polar surface area (TPSA) is 68.4 Å². The highest BCUT2D eigenvalue weighted by molar-refractivity contribution is 5.91. The quantitative estimate of drug-likeness (QED) is 0.805. The number of aryl methyl sites for hydroxylation is 3. The van der Waals surface area contributed by atoms with E-state index in [0.717, 1.165) is 16.8 Å². The third-order valence-electron chi connectivity index (χ3n) is 3.78. The van der Waals surface area contributed by atoms with Crippen molar-refractivity contribution in [3.8, 4) is 0 Å². The number of rotatable bonds is 3. The van der Waals surface area contributed by atoms with Crippen LogP contribution in [0.1, 0.15) is 17.0 Å². The molecule has 0 bridgehead atoms. The number of fused-ring (bicyclic) bond motifs is 1. The van der Waals surface area contributed by atoms with Crippen LogP contribution in [0.15, 0.2) is 41.3 Å². The summed E-state index contributed by atoms with van der Waals surface area (Å²) in [7, 11) is 0. The summed E-state index contributed by atoms with van der Waals surface area (Å²) in [6, 6.07) is 9.35. The van der Waals surface area contributed by atoms with Gasteiger partial charge in [0.2, 0.25) is 5.91 Å². The Balaban J connectivity index is 1.87. The van der Waals surface area contributed by atoms with E-state index in [1.54, 1.807) is 29.7 Å². The van der Waals surface area contributed by atoms with Crippen LogP contribution < -0.4 is 10.9 Å². The Labute approximate surface area is 133 Å². The zero-order chi connectivity index (χ0) is 16.6. The summed E-state index contributed by atoms with van der Waals surface area (Å²) in [5, 5.41) is 7.04. The minimum atomic E-state index is -0.281. The molecule has 1 amide bonds. The fraction of sp³-hybridized carbons (Fsp3) is 0.235. The number of benzene rings is 1. The first-order valence-corrected chi connectivity index (χ1v) is 7.37. The monoisotopic (exact) mass is 310 g/mol. The van der Waals surface area contributed by atoms with E-state index in [1.807, 2.05) is 32.0 Å². The Kier molecular flexibility index (Phi) is 3.73. The lowest BCUT2D eigenvalue weighted by molar-refractivity contribution is -0.117. The maximum absolute atomic E-state index is 12.4. The maximum atomic E-state index is 12.4. The van der Waals surface area contributed by atoms with E-state index in [-0.39, 0.29) is 18.0 Å². The van der Waals surface area contributed by atoms with Gasteiger partial charge in [0.1, 0.15) is 17.9 Å². The third-order valence-corrected chi connectivity index (χ3v) is 3.78. The molecule has 0 aliphatic heterocycles. The van der Waals surface area contributed by atoms with Crippen molar-refractivity contribution >= 4 is 17.1 Å². The van der Waals surface area contributed by atoms with Crippen LogP contribution in [-0.4, -0.2) is 20.1 Å². The van der Waals surface area contributed by atoms with E-state index in [9.17, 15) is 9.59 Å². The molecule has 0 unspecified atom stereocenters. The number of aromatic nitrogens is 3. The molecule has 2 aromatic heterocycles. The van der Waals surface area contributed by atoms with Crippen LogP contribution >= 0.6 is 0 Å². The predicted molar refractivity (Wildman–Crippen MR) is 88.7 cm³/mol. The van der Waals surface area contributed by atoms with Gasteiger partial charge in [0.25, 0.3) is 5.56 Å². The fourth-order valence-electron chi connectivity index (χ4n) is 2.54. The fourth-order valence-corrected chi connectivity index (χ4v) is 2.54. The van der Waals surface area contributed by atoms with E-state index in [4.69, 9.17) is 0 Å². The summed E-state index contributed by atoms with van der Waals surface area (Å²) in [5.41, 5.74) is 3.02. The molecule has 23 heavy (non-hydrogen) atoms. The van der Waals surface area contributed by atoms with Gasteiger partial charge in [0.05, 0.1) is 0 Å². The first kappa shape index (κ1) is 15.0. The van der Waals surface area contributed by atoms with Gasteiger partial charge in [-0.2, -0.15) is 5.10 Å². The molecule has 0 saturated carbocycles. The molecule has 118 valence electrons. The van der Waals surface area contributed by atoms with Crippen molar-refractivity contribution in [1.29, 1.82) is 0 Å². The molecule has 1 N–H and O–H groups in total. The summed E-state index contributed by atoms with van der Waals surface area (Å²) in [6.45, 7) is 5.57. The Morgan fingerprint density at radius 2 is 2.00 bits per heavy atom. The van der Waals surface area contributed by atoms with Crippen molar-refractivity contribution in [3.05, 3.63) is 63.8 Å². The molecule has 3 aromatic rings. The van der Waals surface area contributed by atoms with E-state index in [1.165, 1.54) is 4.68 Å². The molecule has 6 heteroatoms. The number of anilines is 1. The molecule has 2 heterocycles. The van der Waals surface area contributed by atoms with Gasteiger partial charge in [-0.25, -0.2) is 4.68 Å². The van der Waals surface area contributed by atoms with Crippen LogP contribution in [-0.2, 0) is 11.3 Å². The van der Waals surface area contributed by atoms with Crippen LogP contribution in [0.3, 0.4) is 0 Å². The second-order valence-electron chi connectivity index (χ2n) is 5.64. The summed E-state index contributed by atoms with van der Waals surface area (Å²) < 4.78 is 2.91. The minimum absolute atomic E-state index is 0.116. The first-order valence-electron chi connectivity index (χ1n) is 7.37. The lowest BCUT2D eigenvalue weighted by atomic mass is 10.1. The molecule has 0 aliphatic carbocycles. The van der Waals surface area contributed by atoms with Crippen LogP contribution in [0, 0.1) is 20.8 Å². The average Bonchev–Trinajstić information content (AvgIpc) is 2.98. The molecule has 6 nitrogen and oxygen atoms in total. The first-order chi connectivity index (χ1) is 11.0. The number of carbonyl (C=O) groups is 1. The predicted octanol–water partition coefficient (Wildman–Crippen LogP) is 2.06. The van der Waals surface area contributed by atoms with Crippen molar-refractivity contribution in [2.45, 2.75) is 27.3 Å². The zero-order valence-corrected chi connectivity index (χ0v) is 13.3. The Bertz CT molecular complexity index is 953. The number of nitrogens with zero attached hydrogens (tertiary/aromatic N) is 3. The standard InChI is InChI=1S/C17H18N4O2/c1-11-6-7-12(2)14(9-11)18-16(22)10-21-17(23)15-5-4-8-20(15)13(3)19-21/h4-9H,10H2,1-3H3,(H,18,22). The average molecular weight is 310 g/mol. The van der Waals surface area contributed by atoms with Crippen LogP contribution in [0.5, 0.6) is 0 Å². The number of nitrogens with one attached hydrogen (secondary N) is 1. The molecular formula is C17H18N4O2. The highest BCUT2D eigenvalue weighted by Gasteiger charge is 2.11. The summed E-state index contributed by atoms with van der Waals surface area (Å²) >= 11 is 0. The van der Waals surface area contributed by atoms with E-state index in [0.29, 0.717) is 11.3 Å². The summed E-state index contributed by atoms with van der Waals surface area (Å²) in [4.78, 5) is 24.6. The van der Waals surface area contributed by atoms with Gasteiger partial charge in [0.15, 0.2) is 0 Å². The van der Waals surface area contributed by atoms with Gasteiger partial charge in [-0.3, -0.25) is 14.0 Å². The highest BCUT2D eigenvalue weighted by Crippen LogP contribution is 2.16. The van der Waals surface area contributed by atoms with Gasteiger partial charge in [-0.1, -0.05) is 12.1 Å². The molecule has 0 aliphatic rings. The number of hydrogen-bond donors (Lipinski definition) is 1. The number of hydrogen-bond acceptors (Lipinski definition) is 3. The lowest BCUT2D eigenvalue weighted by Crippen LogP contribution is -2.31. The second-order valence-corrected chi connectivity index (χ2v) is 5.64. The normalized spacial score (nSPS) is 10.9. The molecule has 0 radical (unpaired) electrons. The van der Waals surface area contributed by atoms with Crippen LogP contribution in [0.4, 0.5) is 5.69 Å². The molecule has 0 fully saturated rings. The van der Waals surface area contributed by atoms with Gasteiger partial charge < -0.3 is 5.32 Å². The summed E-state index contributed by atoms with van der Waals surface area (Å²) in [6.07, 6.45) is 1.78. The molecule has 0 saturated heterocycles. The Hall–Kier alpha value is -2.89. The number of carbonyl (C=O) groups excluding carboxylic acids is 1. The third kappa shape index (κ3) is 2.88. The second kappa shape index (κ2) is 5.72. The van der Waals surface area contributed by atoms with Crippen molar-refractivity contribution < 1.29 is 4.79 Å². The largest absolute Gasteiger partial charge is 0.324 e. The Morgan fingerprint density at radius 1 is 1.22 bits per heavy atom. The molecule has 0 atom stereocenters. The molecule has 3 rings (SSSR count). The molecule has 0 spiro atoms. The smallest absolute Gasteiger partial charge is 0.291 e. The van der Waals surface area contributed by atoms with E-state index in [2.05, 4.69) is 10.4 Å².